The maximum atomic E-state index is 11.9. The summed E-state index contributed by atoms with van der Waals surface area (Å²) in [4.78, 5) is 23.2. The molecule has 4 nitrogen and oxygen atoms in total. The van der Waals surface area contributed by atoms with E-state index in [2.05, 4.69) is 5.32 Å². The maximum Gasteiger partial charge on any atom is 0.307 e. The first-order chi connectivity index (χ1) is 9.65. The van der Waals surface area contributed by atoms with E-state index < -0.39 is 11.9 Å². The Kier molecular flexibility index (Phi) is 5.16. The molecule has 1 fully saturated rings. The fourth-order valence-electron chi connectivity index (χ4n) is 2.73. The maximum absolute atomic E-state index is 11.9. The van der Waals surface area contributed by atoms with E-state index in [0.29, 0.717) is 6.42 Å². The number of amides is 1. The Hall–Kier alpha value is -1.84. The lowest BCUT2D eigenvalue weighted by atomic mass is 9.96. The highest BCUT2D eigenvalue weighted by atomic mass is 16.4. The summed E-state index contributed by atoms with van der Waals surface area (Å²) in [6.07, 6.45) is 4.79. The molecule has 108 valence electrons. The zero-order valence-electron chi connectivity index (χ0n) is 11.5. The van der Waals surface area contributed by atoms with E-state index in [-0.39, 0.29) is 18.4 Å². The largest absolute Gasteiger partial charge is 0.481 e. The van der Waals surface area contributed by atoms with Crippen molar-refractivity contribution >= 4 is 11.9 Å². The normalized spacial score (nSPS) is 16.8. The first kappa shape index (κ1) is 14.6. The van der Waals surface area contributed by atoms with E-state index in [1.54, 1.807) is 0 Å². The number of carbonyl (C=O) groups excluding carboxylic acids is 1. The first-order valence-electron chi connectivity index (χ1n) is 7.21. The van der Waals surface area contributed by atoms with Crippen LogP contribution in [0.15, 0.2) is 30.3 Å². The summed E-state index contributed by atoms with van der Waals surface area (Å²) >= 11 is 0. The van der Waals surface area contributed by atoms with Crippen LogP contribution in [0.1, 0.15) is 37.7 Å². The van der Waals surface area contributed by atoms with Gasteiger partial charge < -0.3 is 10.4 Å². The molecule has 0 radical (unpaired) electrons. The van der Waals surface area contributed by atoms with Gasteiger partial charge in [-0.05, 0) is 24.8 Å². The third-order valence-corrected chi connectivity index (χ3v) is 3.83. The lowest BCUT2D eigenvalue weighted by Gasteiger charge is -2.15. The number of carbonyl (C=O) groups is 2. The Morgan fingerprint density at radius 2 is 1.85 bits per heavy atom. The van der Waals surface area contributed by atoms with Gasteiger partial charge in [0.05, 0.1) is 5.92 Å². The van der Waals surface area contributed by atoms with Crippen molar-refractivity contribution in [3.05, 3.63) is 35.9 Å². The van der Waals surface area contributed by atoms with Crippen LogP contribution >= 0.6 is 0 Å². The fourth-order valence-corrected chi connectivity index (χ4v) is 2.73. The molecular formula is C16H21NO3. The summed E-state index contributed by atoms with van der Waals surface area (Å²) in [6.45, 7) is 0. The van der Waals surface area contributed by atoms with Gasteiger partial charge in [-0.25, -0.2) is 0 Å². The van der Waals surface area contributed by atoms with Gasteiger partial charge in [-0.3, -0.25) is 9.59 Å². The number of carboxylic acid groups (broad SMARTS) is 1. The van der Waals surface area contributed by atoms with Crippen molar-refractivity contribution in [2.24, 2.45) is 5.92 Å². The molecule has 2 N–H and O–H groups in total. The molecule has 0 heterocycles. The molecule has 0 bridgehead atoms. The predicted octanol–water partition coefficient (Wildman–Crippen LogP) is 2.38. The molecule has 1 aromatic carbocycles. The van der Waals surface area contributed by atoms with Crippen LogP contribution in [0.3, 0.4) is 0 Å². The molecule has 1 aliphatic carbocycles. The molecule has 0 saturated heterocycles. The van der Waals surface area contributed by atoms with Gasteiger partial charge in [-0.15, -0.1) is 0 Å². The standard InChI is InChI=1S/C16H21NO3/c18-15(17-14-8-4-5-9-14)11-13(16(19)20)10-12-6-2-1-3-7-12/h1-3,6-7,13-14H,4-5,8-11H2,(H,17,18)(H,19,20). The Bertz CT molecular complexity index is 452. The molecule has 2 rings (SSSR count). The molecular weight excluding hydrogens is 254 g/mol. The lowest BCUT2D eigenvalue weighted by molar-refractivity contribution is -0.144. The van der Waals surface area contributed by atoms with Gasteiger partial charge in [-0.2, -0.15) is 0 Å². The van der Waals surface area contributed by atoms with Crippen molar-refractivity contribution in [3.63, 3.8) is 0 Å². The summed E-state index contributed by atoms with van der Waals surface area (Å²) in [5.41, 5.74) is 0.952. The van der Waals surface area contributed by atoms with Gasteiger partial charge >= 0.3 is 5.97 Å². The van der Waals surface area contributed by atoms with E-state index >= 15 is 0 Å². The highest BCUT2D eigenvalue weighted by Crippen LogP contribution is 2.19. The SMILES string of the molecule is O=C(CC(Cc1ccccc1)C(=O)O)NC1CCCC1. The van der Waals surface area contributed by atoms with Crippen molar-refractivity contribution in [2.75, 3.05) is 0 Å². The number of nitrogens with one attached hydrogen (secondary N) is 1. The van der Waals surface area contributed by atoms with Crippen LogP contribution in [0.2, 0.25) is 0 Å². The van der Waals surface area contributed by atoms with Gasteiger partial charge in [0.15, 0.2) is 0 Å². The molecule has 1 aliphatic rings. The molecule has 1 saturated carbocycles. The number of hydrogen-bond donors (Lipinski definition) is 2. The summed E-state index contributed by atoms with van der Waals surface area (Å²) in [5, 5.41) is 12.2. The first-order valence-corrected chi connectivity index (χ1v) is 7.21. The van der Waals surface area contributed by atoms with Crippen LogP contribution in [-0.4, -0.2) is 23.0 Å². The van der Waals surface area contributed by atoms with Crippen LogP contribution < -0.4 is 5.32 Å². The number of aliphatic carboxylic acids is 1. The Morgan fingerprint density at radius 1 is 1.20 bits per heavy atom. The Morgan fingerprint density at radius 3 is 2.45 bits per heavy atom. The monoisotopic (exact) mass is 275 g/mol. The predicted molar refractivity (Wildman–Crippen MR) is 76.3 cm³/mol. The second kappa shape index (κ2) is 7.08. The molecule has 1 unspecified atom stereocenters. The Labute approximate surface area is 119 Å². The summed E-state index contributed by atoms with van der Waals surface area (Å²) in [7, 11) is 0. The quantitative estimate of drug-likeness (QED) is 0.837. The molecule has 0 aromatic heterocycles. The van der Waals surface area contributed by atoms with Gasteiger partial charge in [-0.1, -0.05) is 43.2 Å². The summed E-state index contributed by atoms with van der Waals surface area (Å²) in [5.74, 6) is -1.70. The van der Waals surface area contributed by atoms with Crippen molar-refractivity contribution in [2.45, 2.75) is 44.6 Å². The van der Waals surface area contributed by atoms with Crippen LogP contribution in [0.4, 0.5) is 0 Å². The minimum atomic E-state index is -0.907. The number of hydrogen-bond acceptors (Lipinski definition) is 2. The third-order valence-electron chi connectivity index (χ3n) is 3.83. The highest BCUT2D eigenvalue weighted by Gasteiger charge is 2.24. The molecule has 1 aromatic rings. The van der Waals surface area contributed by atoms with E-state index in [0.717, 1.165) is 31.2 Å². The zero-order valence-corrected chi connectivity index (χ0v) is 11.5. The molecule has 20 heavy (non-hydrogen) atoms. The molecule has 1 amide bonds. The number of benzene rings is 1. The van der Waals surface area contributed by atoms with Crippen molar-refractivity contribution < 1.29 is 14.7 Å². The topological polar surface area (TPSA) is 66.4 Å². The lowest BCUT2D eigenvalue weighted by Crippen LogP contribution is -2.35. The molecule has 0 spiro atoms. The minimum Gasteiger partial charge on any atom is -0.481 e. The van der Waals surface area contributed by atoms with E-state index in [9.17, 15) is 14.7 Å². The molecule has 1 atom stereocenters. The van der Waals surface area contributed by atoms with E-state index in [1.807, 2.05) is 30.3 Å². The zero-order chi connectivity index (χ0) is 14.4. The minimum absolute atomic E-state index is 0.0563. The smallest absolute Gasteiger partial charge is 0.307 e. The second-order valence-corrected chi connectivity index (χ2v) is 5.48. The van der Waals surface area contributed by atoms with Crippen molar-refractivity contribution in [3.8, 4) is 0 Å². The molecule has 0 aliphatic heterocycles. The summed E-state index contributed by atoms with van der Waals surface area (Å²) < 4.78 is 0. The van der Waals surface area contributed by atoms with Gasteiger partial charge in [0.1, 0.15) is 0 Å². The number of rotatable bonds is 6. The van der Waals surface area contributed by atoms with Crippen molar-refractivity contribution in [1.29, 1.82) is 0 Å². The van der Waals surface area contributed by atoms with Gasteiger partial charge in [0, 0.05) is 12.5 Å². The van der Waals surface area contributed by atoms with E-state index in [1.165, 1.54) is 0 Å². The van der Waals surface area contributed by atoms with Gasteiger partial charge in [0.2, 0.25) is 5.91 Å². The van der Waals surface area contributed by atoms with Gasteiger partial charge in [0.25, 0.3) is 0 Å². The third kappa shape index (κ3) is 4.37. The average molecular weight is 275 g/mol. The fraction of sp³-hybridized carbons (Fsp3) is 0.500. The van der Waals surface area contributed by atoms with Crippen LogP contribution in [-0.2, 0) is 16.0 Å². The van der Waals surface area contributed by atoms with Crippen molar-refractivity contribution in [1.82, 2.24) is 5.32 Å². The second-order valence-electron chi connectivity index (χ2n) is 5.48. The Balaban J connectivity index is 1.88. The number of carboxylic acids is 1. The van der Waals surface area contributed by atoms with Crippen LogP contribution in [0, 0.1) is 5.92 Å². The van der Waals surface area contributed by atoms with Crippen LogP contribution in [0.5, 0.6) is 0 Å². The highest BCUT2D eigenvalue weighted by molar-refractivity contribution is 5.82. The van der Waals surface area contributed by atoms with Crippen LogP contribution in [0.25, 0.3) is 0 Å². The van der Waals surface area contributed by atoms with E-state index in [4.69, 9.17) is 0 Å². The average Bonchev–Trinajstić information content (AvgIpc) is 2.92. The molecule has 4 heteroatoms. The summed E-state index contributed by atoms with van der Waals surface area (Å²) in [6, 6.07) is 9.69.